The van der Waals surface area contributed by atoms with Gasteiger partial charge in [0.15, 0.2) is 9.84 Å². The molecular weight excluding hydrogens is 430 g/mol. The molecule has 30 heavy (non-hydrogen) atoms. The molecule has 9 nitrogen and oxygen atoms in total. The Morgan fingerprint density at radius 3 is 2.40 bits per heavy atom. The molecule has 0 saturated carbocycles. The number of rotatable bonds is 8. The minimum absolute atomic E-state index is 0.0747. The van der Waals surface area contributed by atoms with Gasteiger partial charge in [-0.2, -0.15) is 16.7 Å². The molecule has 1 unspecified atom stereocenters. The molecule has 0 spiro atoms. The largest absolute Gasteiger partial charge is 0.465 e. The first-order valence-corrected chi connectivity index (χ1v) is 11.6. The lowest BCUT2D eigenvalue weighted by Gasteiger charge is -2.08. The lowest BCUT2D eigenvalue weighted by molar-refractivity contribution is 0.192. The maximum Gasteiger partial charge on any atom is 0.405 e. The average Bonchev–Trinajstić information content (AvgIpc) is 3.39. The molecular formula is C19H17N3O6S2. The second-order valence-corrected chi connectivity index (χ2v) is 9.87. The first-order chi connectivity index (χ1) is 14.4. The second-order valence-electron chi connectivity index (χ2n) is 6.51. The predicted molar refractivity (Wildman–Crippen MR) is 109 cm³/mol. The van der Waals surface area contributed by atoms with Crippen molar-refractivity contribution in [2.75, 3.05) is 11.5 Å². The van der Waals surface area contributed by atoms with Gasteiger partial charge in [-0.1, -0.05) is 5.16 Å². The highest BCUT2D eigenvalue weighted by Gasteiger charge is 2.29. The minimum atomic E-state index is -3.27. The Kier molecular flexibility index (Phi) is 5.64. The van der Waals surface area contributed by atoms with Gasteiger partial charge in [-0.05, 0) is 48.5 Å². The lowest BCUT2D eigenvalue weighted by Crippen LogP contribution is -2.20. The van der Waals surface area contributed by atoms with Crippen LogP contribution in [0.25, 0.3) is 11.4 Å². The molecule has 4 rings (SSSR count). The van der Waals surface area contributed by atoms with Crippen molar-refractivity contribution in [1.29, 1.82) is 0 Å². The van der Waals surface area contributed by atoms with Crippen molar-refractivity contribution in [2.24, 2.45) is 0 Å². The maximum atomic E-state index is 12.3. The highest BCUT2D eigenvalue weighted by Crippen LogP contribution is 2.33. The Labute approximate surface area is 176 Å². The zero-order valence-corrected chi connectivity index (χ0v) is 17.1. The van der Waals surface area contributed by atoms with E-state index in [1.807, 2.05) is 0 Å². The van der Waals surface area contributed by atoms with Gasteiger partial charge in [0.2, 0.25) is 11.7 Å². The van der Waals surface area contributed by atoms with Crippen LogP contribution in [0.5, 0.6) is 11.5 Å². The molecule has 1 aliphatic rings. The van der Waals surface area contributed by atoms with Gasteiger partial charge in [0, 0.05) is 16.6 Å². The standard InChI is InChI=1S/C19H17N3O6S2/c23-19(24)20-9-17-21-18(22-28-17)12-1-3-13(4-2-12)27-14-5-7-16(8-6-14)30(25,26)11-15-10-29-15/h1-8,15,20H,9-11H2,(H,23,24). The number of nitrogens with zero attached hydrogens (tertiary/aromatic N) is 2. The third kappa shape index (κ3) is 5.10. The monoisotopic (exact) mass is 447 g/mol. The Morgan fingerprint density at radius 1 is 1.17 bits per heavy atom. The SMILES string of the molecule is O=C(O)NCc1nc(-c2ccc(Oc3ccc(S(=O)(=O)CC4CS4)cc3)cc2)no1. The molecule has 3 aromatic rings. The molecule has 1 aromatic heterocycles. The lowest BCUT2D eigenvalue weighted by atomic mass is 10.2. The van der Waals surface area contributed by atoms with Crippen LogP contribution in [0.2, 0.25) is 0 Å². The van der Waals surface area contributed by atoms with Crippen molar-refractivity contribution in [1.82, 2.24) is 15.5 Å². The smallest absolute Gasteiger partial charge is 0.405 e. The quantitative estimate of drug-likeness (QED) is 0.500. The van der Waals surface area contributed by atoms with E-state index in [1.165, 1.54) is 0 Å². The first kappa shape index (κ1) is 20.2. The van der Waals surface area contributed by atoms with Crippen molar-refractivity contribution < 1.29 is 27.6 Å². The number of amides is 1. The number of carbonyl (C=O) groups is 1. The summed E-state index contributed by atoms with van der Waals surface area (Å²) in [5, 5.41) is 14.8. The fraction of sp³-hybridized carbons (Fsp3) is 0.211. The molecule has 1 atom stereocenters. The summed E-state index contributed by atoms with van der Waals surface area (Å²) in [5.74, 6) is 2.63. The molecule has 0 bridgehead atoms. The third-order valence-corrected chi connectivity index (χ3v) is 7.21. The van der Waals surface area contributed by atoms with Crippen LogP contribution in [0, 0.1) is 0 Å². The van der Waals surface area contributed by atoms with Gasteiger partial charge < -0.3 is 19.7 Å². The normalized spacial score (nSPS) is 15.5. The van der Waals surface area contributed by atoms with Crippen LogP contribution in [-0.4, -0.2) is 46.5 Å². The molecule has 1 aliphatic heterocycles. The van der Waals surface area contributed by atoms with Crippen molar-refractivity contribution in [3.63, 3.8) is 0 Å². The number of hydrogen-bond acceptors (Lipinski definition) is 8. The Morgan fingerprint density at radius 2 is 1.80 bits per heavy atom. The summed E-state index contributed by atoms with van der Waals surface area (Å²) in [6.45, 7) is -0.0747. The van der Waals surface area contributed by atoms with E-state index < -0.39 is 15.9 Å². The number of thioether (sulfide) groups is 1. The topological polar surface area (TPSA) is 132 Å². The third-order valence-electron chi connectivity index (χ3n) is 4.20. The highest BCUT2D eigenvalue weighted by molar-refractivity contribution is 8.08. The van der Waals surface area contributed by atoms with Crippen molar-refractivity contribution in [2.45, 2.75) is 16.7 Å². The Hall–Kier alpha value is -3.05. The molecule has 2 aromatic carbocycles. The number of sulfone groups is 1. The van der Waals surface area contributed by atoms with Gasteiger partial charge in [0.05, 0.1) is 10.6 Å². The van der Waals surface area contributed by atoms with Crippen LogP contribution in [0.4, 0.5) is 4.79 Å². The Balaban J connectivity index is 1.39. The molecule has 1 saturated heterocycles. The number of nitrogens with one attached hydrogen (secondary N) is 1. The number of ether oxygens (including phenoxy) is 1. The number of carboxylic acid groups (broad SMARTS) is 1. The fourth-order valence-corrected chi connectivity index (χ4v) is 5.30. The van der Waals surface area contributed by atoms with Crippen LogP contribution < -0.4 is 10.1 Å². The molecule has 0 radical (unpaired) electrons. The van der Waals surface area contributed by atoms with E-state index in [2.05, 4.69) is 15.5 Å². The molecule has 1 amide bonds. The summed E-state index contributed by atoms with van der Waals surface area (Å²) < 4.78 is 35.3. The summed E-state index contributed by atoms with van der Waals surface area (Å²) in [6, 6.07) is 13.3. The average molecular weight is 447 g/mol. The van der Waals surface area contributed by atoms with E-state index in [0.29, 0.717) is 27.8 Å². The highest BCUT2D eigenvalue weighted by atomic mass is 32.2. The number of hydrogen-bond donors (Lipinski definition) is 2. The van der Waals surface area contributed by atoms with E-state index in [9.17, 15) is 13.2 Å². The first-order valence-electron chi connectivity index (χ1n) is 8.91. The van der Waals surface area contributed by atoms with Crippen molar-refractivity contribution >= 4 is 27.7 Å². The van der Waals surface area contributed by atoms with Gasteiger partial charge in [-0.15, -0.1) is 0 Å². The van der Waals surface area contributed by atoms with Gasteiger partial charge in [0.1, 0.15) is 18.0 Å². The summed E-state index contributed by atoms with van der Waals surface area (Å²) >= 11 is 1.65. The molecule has 11 heteroatoms. The number of benzene rings is 2. The summed E-state index contributed by atoms with van der Waals surface area (Å²) in [6.07, 6.45) is -1.18. The van der Waals surface area contributed by atoms with Gasteiger partial charge in [0.25, 0.3) is 0 Å². The van der Waals surface area contributed by atoms with E-state index in [4.69, 9.17) is 14.4 Å². The molecule has 2 heterocycles. The zero-order chi connectivity index (χ0) is 21.1. The molecule has 1 fully saturated rings. The van der Waals surface area contributed by atoms with E-state index in [1.54, 1.807) is 60.3 Å². The van der Waals surface area contributed by atoms with E-state index in [-0.39, 0.29) is 23.4 Å². The summed E-state index contributed by atoms with van der Waals surface area (Å²) in [7, 11) is -3.27. The fourth-order valence-electron chi connectivity index (χ4n) is 2.62. The van der Waals surface area contributed by atoms with Crippen LogP contribution in [0.1, 0.15) is 5.89 Å². The van der Waals surface area contributed by atoms with Crippen LogP contribution in [0.15, 0.2) is 57.9 Å². The number of aromatic nitrogens is 2. The van der Waals surface area contributed by atoms with Gasteiger partial charge in [-0.25, -0.2) is 13.2 Å². The molecule has 2 N–H and O–H groups in total. The second kappa shape index (κ2) is 8.36. The molecule has 156 valence electrons. The predicted octanol–water partition coefficient (Wildman–Crippen LogP) is 3.19. The summed E-state index contributed by atoms with van der Waals surface area (Å²) in [5.41, 5.74) is 0.673. The van der Waals surface area contributed by atoms with E-state index >= 15 is 0 Å². The van der Waals surface area contributed by atoms with Crippen molar-refractivity contribution in [3.8, 4) is 22.9 Å². The van der Waals surface area contributed by atoms with Crippen LogP contribution in [-0.2, 0) is 16.4 Å². The zero-order valence-electron chi connectivity index (χ0n) is 15.5. The minimum Gasteiger partial charge on any atom is -0.465 e. The van der Waals surface area contributed by atoms with E-state index in [0.717, 1.165) is 5.75 Å². The van der Waals surface area contributed by atoms with Gasteiger partial charge >= 0.3 is 6.09 Å². The van der Waals surface area contributed by atoms with Gasteiger partial charge in [-0.3, -0.25) is 0 Å². The maximum absolute atomic E-state index is 12.3. The van der Waals surface area contributed by atoms with Crippen LogP contribution in [0.3, 0.4) is 0 Å². The van der Waals surface area contributed by atoms with Crippen LogP contribution >= 0.6 is 11.8 Å². The van der Waals surface area contributed by atoms with Crippen molar-refractivity contribution in [3.05, 3.63) is 54.4 Å². The Bertz CT molecular complexity index is 1140. The summed E-state index contributed by atoms with van der Waals surface area (Å²) in [4.78, 5) is 14.9. The molecule has 0 aliphatic carbocycles.